The SMILES string of the molecule is CC[C@H](C)NC(=O)CCN(CC)C(=O)c1cc2n(n1)CCCN(Cc1ccccc1C)C2=O. The Labute approximate surface area is 195 Å². The van der Waals surface area contributed by atoms with Gasteiger partial charge in [0, 0.05) is 51.3 Å². The summed E-state index contributed by atoms with van der Waals surface area (Å²) >= 11 is 0. The quantitative estimate of drug-likeness (QED) is 0.632. The van der Waals surface area contributed by atoms with E-state index in [1.807, 2.05) is 56.9 Å². The molecule has 0 unspecified atom stereocenters. The zero-order valence-corrected chi connectivity index (χ0v) is 20.1. The van der Waals surface area contributed by atoms with Crippen LogP contribution in [0.4, 0.5) is 0 Å². The van der Waals surface area contributed by atoms with Gasteiger partial charge in [0.2, 0.25) is 5.91 Å². The number of benzene rings is 1. The monoisotopic (exact) mass is 453 g/mol. The van der Waals surface area contributed by atoms with Crippen LogP contribution in [0.1, 0.15) is 72.1 Å². The zero-order chi connectivity index (χ0) is 24.0. The highest BCUT2D eigenvalue weighted by atomic mass is 16.2. The minimum atomic E-state index is -0.257. The van der Waals surface area contributed by atoms with Gasteiger partial charge in [0.15, 0.2) is 5.69 Å². The average molecular weight is 454 g/mol. The van der Waals surface area contributed by atoms with Crippen molar-refractivity contribution in [3.63, 3.8) is 0 Å². The molecule has 178 valence electrons. The van der Waals surface area contributed by atoms with Crippen molar-refractivity contribution in [1.29, 1.82) is 0 Å². The van der Waals surface area contributed by atoms with Gasteiger partial charge in [-0.25, -0.2) is 0 Å². The lowest BCUT2D eigenvalue weighted by Gasteiger charge is -2.21. The summed E-state index contributed by atoms with van der Waals surface area (Å²) in [6.07, 6.45) is 1.87. The van der Waals surface area contributed by atoms with Crippen molar-refractivity contribution in [2.45, 2.75) is 66.1 Å². The number of aromatic nitrogens is 2. The van der Waals surface area contributed by atoms with Gasteiger partial charge < -0.3 is 15.1 Å². The van der Waals surface area contributed by atoms with Crippen molar-refractivity contribution in [3.05, 3.63) is 52.8 Å². The first kappa shape index (κ1) is 24.5. The molecule has 0 bridgehead atoms. The fourth-order valence-electron chi connectivity index (χ4n) is 3.93. The van der Waals surface area contributed by atoms with E-state index in [1.54, 1.807) is 15.6 Å². The summed E-state index contributed by atoms with van der Waals surface area (Å²) in [6.45, 7) is 10.4. The van der Waals surface area contributed by atoms with E-state index in [2.05, 4.69) is 10.4 Å². The molecule has 3 rings (SSSR count). The molecule has 0 saturated heterocycles. The molecule has 1 N–H and O–H groups in total. The maximum Gasteiger partial charge on any atom is 0.274 e. The largest absolute Gasteiger partial charge is 0.354 e. The molecule has 1 aliphatic rings. The highest BCUT2D eigenvalue weighted by Crippen LogP contribution is 2.19. The van der Waals surface area contributed by atoms with Crippen molar-refractivity contribution < 1.29 is 14.4 Å². The molecule has 8 nitrogen and oxygen atoms in total. The van der Waals surface area contributed by atoms with Gasteiger partial charge in [-0.1, -0.05) is 31.2 Å². The van der Waals surface area contributed by atoms with Crippen LogP contribution < -0.4 is 5.32 Å². The van der Waals surface area contributed by atoms with Crippen molar-refractivity contribution in [1.82, 2.24) is 24.9 Å². The number of aryl methyl sites for hydroxylation is 2. The second-order valence-electron chi connectivity index (χ2n) is 8.66. The molecule has 0 spiro atoms. The van der Waals surface area contributed by atoms with Crippen molar-refractivity contribution in [3.8, 4) is 0 Å². The van der Waals surface area contributed by atoms with Crippen LogP contribution in [0.3, 0.4) is 0 Å². The maximum absolute atomic E-state index is 13.3. The first-order chi connectivity index (χ1) is 15.8. The Bertz CT molecular complexity index is 1000. The Kier molecular flexibility index (Phi) is 8.25. The lowest BCUT2D eigenvalue weighted by molar-refractivity contribution is -0.121. The first-order valence-electron chi connectivity index (χ1n) is 11.8. The lowest BCUT2D eigenvalue weighted by atomic mass is 10.1. The summed E-state index contributed by atoms with van der Waals surface area (Å²) < 4.78 is 1.65. The van der Waals surface area contributed by atoms with Crippen LogP contribution in [0, 0.1) is 6.92 Å². The number of fused-ring (bicyclic) bond motifs is 1. The first-order valence-corrected chi connectivity index (χ1v) is 11.8. The molecular formula is C25H35N5O3. The minimum absolute atomic E-state index is 0.0711. The zero-order valence-electron chi connectivity index (χ0n) is 20.1. The van der Waals surface area contributed by atoms with Crippen LogP contribution in [0.5, 0.6) is 0 Å². The molecule has 8 heteroatoms. The van der Waals surface area contributed by atoms with Crippen LogP contribution in [-0.2, 0) is 17.9 Å². The van der Waals surface area contributed by atoms with Crippen LogP contribution in [0.2, 0.25) is 0 Å². The number of nitrogens with zero attached hydrogens (tertiary/aromatic N) is 4. The molecule has 0 aliphatic carbocycles. The lowest BCUT2D eigenvalue weighted by Crippen LogP contribution is -2.37. The molecule has 0 radical (unpaired) electrons. The Morgan fingerprint density at radius 1 is 1.21 bits per heavy atom. The number of carbonyl (C=O) groups excluding carboxylic acids is 3. The van der Waals surface area contributed by atoms with E-state index in [0.717, 1.165) is 24.0 Å². The van der Waals surface area contributed by atoms with Crippen molar-refractivity contribution in [2.75, 3.05) is 19.6 Å². The van der Waals surface area contributed by atoms with Gasteiger partial charge in [-0.15, -0.1) is 0 Å². The third-order valence-electron chi connectivity index (χ3n) is 6.22. The van der Waals surface area contributed by atoms with Gasteiger partial charge >= 0.3 is 0 Å². The fourth-order valence-corrected chi connectivity index (χ4v) is 3.93. The molecule has 1 aromatic carbocycles. The van der Waals surface area contributed by atoms with Crippen LogP contribution in [0.25, 0.3) is 0 Å². The molecule has 0 fully saturated rings. The highest BCUT2D eigenvalue weighted by molar-refractivity contribution is 5.98. The van der Waals surface area contributed by atoms with E-state index >= 15 is 0 Å². The summed E-state index contributed by atoms with van der Waals surface area (Å²) in [5.74, 6) is -0.441. The van der Waals surface area contributed by atoms with Crippen molar-refractivity contribution in [2.24, 2.45) is 0 Å². The topological polar surface area (TPSA) is 87.5 Å². The van der Waals surface area contributed by atoms with Gasteiger partial charge in [0.1, 0.15) is 5.69 Å². The van der Waals surface area contributed by atoms with E-state index in [-0.39, 0.29) is 35.9 Å². The number of hydrogen-bond acceptors (Lipinski definition) is 4. The third-order valence-corrected chi connectivity index (χ3v) is 6.22. The van der Waals surface area contributed by atoms with E-state index in [1.165, 1.54) is 0 Å². The summed E-state index contributed by atoms with van der Waals surface area (Å²) in [6, 6.07) is 9.76. The smallest absolute Gasteiger partial charge is 0.274 e. The Morgan fingerprint density at radius 2 is 1.97 bits per heavy atom. The number of rotatable bonds is 9. The Hall–Kier alpha value is -3.16. The summed E-state index contributed by atoms with van der Waals surface area (Å²) in [5, 5.41) is 7.38. The van der Waals surface area contributed by atoms with Crippen molar-refractivity contribution >= 4 is 17.7 Å². The molecular weight excluding hydrogens is 418 g/mol. The number of nitrogens with one attached hydrogen (secondary N) is 1. The standard InChI is InChI=1S/C25H35N5O3/c1-5-19(4)26-23(31)12-15-28(6-2)24(32)21-16-22-25(33)29(13-9-14-30(22)27-21)17-20-11-8-7-10-18(20)3/h7-8,10-11,16,19H,5-6,9,12-15,17H2,1-4H3,(H,26,31)/t19-/m0/s1. The van der Waals surface area contributed by atoms with E-state index in [4.69, 9.17) is 0 Å². The molecule has 1 atom stereocenters. The Morgan fingerprint density at radius 3 is 2.67 bits per heavy atom. The van der Waals surface area contributed by atoms with E-state index in [9.17, 15) is 14.4 Å². The Balaban J connectivity index is 1.70. The van der Waals surface area contributed by atoms with Crippen LogP contribution in [0.15, 0.2) is 30.3 Å². The minimum Gasteiger partial charge on any atom is -0.354 e. The molecule has 1 aromatic heterocycles. The number of carbonyl (C=O) groups is 3. The van der Waals surface area contributed by atoms with E-state index in [0.29, 0.717) is 38.4 Å². The molecule has 1 aliphatic heterocycles. The van der Waals surface area contributed by atoms with Gasteiger partial charge in [-0.3, -0.25) is 19.1 Å². The van der Waals surface area contributed by atoms with Gasteiger partial charge in [-0.2, -0.15) is 5.10 Å². The molecule has 0 saturated carbocycles. The van der Waals surface area contributed by atoms with E-state index < -0.39 is 0 Å². The summed E-state index contributed by atoms with van der Waals surface area (Å²) in [5.41, 5.74) is 2.95. The predicted octanol–water partition coefficient (Wildman–Crippen LogP) is 3.00. The second-order valence-corrected chi connectivity index (χ2v) is 8.66. The second kappa shape index (κ2) is 11.1. The number of amides is 3. The predicted molar refractivity (Wildman–Crippen MR) is 127 cm³/mol. The summed E-state index contributed by atoms with van der Waals surface area (Å²) in [4.78, 5) is 41.9. The third kappa shape index (κ3) is 6.00. The van der Waals surface area contributed by atoms with Crippen LogP contribution >= 0.6 is 0 Å². The number of hydrogen-bond donors (Lipinski definition) is 1. The molecule has 33 heavy (non-hydrogen) atoms. The molecule has 3 amide bonds. The normalized spacial score (nSPS) is 14.4. The summed E-state index contributed by atoms with van der Waals surface area (Å²) in [7, 11) is 0. The van der Waals surface area contributed by atoms with Crippen LogP contribution in [-0.4, -0.2) is 63.0 Å². The van der Waals surface area contributed by atoms with Gasteiger partial charge in [0.25, 0.3) is 11.8 Å². The molecule has 2 heterocycles. The molecule has 2 aromatic rings. The fraction of sp³-hybridized carbons (Fsp3) is 0.520. The maximum atomic E-state index is 13.3. The van der Waals surface area contributed by atoms with Gasteiger partial charge in [-0.05, 0) is 44.7 Å². The van der Waals surface area contributed by atoms with Gasteiger partial charge in [0.05, 0.1) is 0 Å². The average Bonchev–Trinajstić information content (AvgIpc) is 3.17. The highest BCUT2D eigenvalue weighted by Gasteiger charge is 2.28.